The van der Waals surface area contributed by atoms with Crippen LogP contribution in [0.3, 0.4) is 0 Å². The Kier molecular flexibility index (Phi) is 2.23. The maximum Gasteiger partial charge on any atom is -0.0327 e. The molecule has 0 radical (unpaired) electrons. The number of hydrogen-bond donors (Lipinski definition) is 0. The summed E-state index contributed by atoms with van der Waals surface area (Å²) in [6, 6.07) is 7.66. The van der Waals surface area contributed by atoms with E-state index >= 15 is 0 Å². The highest BCUT2D eigenvalue weighted by Gasteiger charge is 1.97. The molecule has 0 aliphatic heterocycles. The van der Waals surface area contributed by atoms with Crippen LogP contribution in [0.15, 0.2) is 54.1 Å². The minimum absolute atomic E-state index is 0.0960. The van der Waals surface area contributed by atoms with Crippen LogP contribution >= 0.6 is 0 Å². The van der Waals surface area contributed by atoms with E-state index in [0.717, 1.165) is 16.7 Å². The lowest BCUT2D eigenvalue weighted by atomic mass is 10.1. The molecule has 0 unspecified atom stereocenters. The van der Waals surface area contributed by atoms with Crippen molar-refractivity contribution in [3.63, 3.8) is 0 Å². The fraction of sp³-hybridized carbons (Fsp3) is 0.0769. The summed E-state index contributed by atoms with van der Waals surface area (Å²) in [4.78, 5) is 0. The second-order valence-corrected chi connectivity index (χ2v) is 3.37. The lowest BCUT2D eigenvalue weighted by molar-refractivity contribution is -0.244. The second-order valence-electron chi connectivity index (χ2n) is 3.37. The van der Waals surface area contributed by atoms with Gasteiger partial charge in [0.15, 0.2) is 0 Å². The van der Waals surface area contributed by atoms with Crippen molar-refractivity contribution >= 4 is 5.76 Å². The van der Waals surface area contributed by atoms with Crippen LogP contribution in [0.25, 0.3) is 5.76 Å². The van der Waals surface area contributed by atoms with E-state index in [4.69, 9.17) is 0 Å². The fourth-order valence-electron chi connectivity index (χ4n) is 1.48. The largest absolute Gasteiger partial charge is 0.872 e. The predicted octanol–water partition coefficient (Wildman–Crippen LogP) is 2.19. The third kappa shape index (κ3) is 1.62. The van der Waals surface area contributed by atoms with Crippen molar-refractivity contribution in [3.05, 3.63) is 65.3 Å². The van der Waals surface area contributed by atoms with Crippen LogP contribution in [0.1, 0.15) is 11.1 Å². The number of allylic oxidation sites excluding steroid dienone is 5. The molecular weight excluding hydrogens is 172 g/mol. The van der Waals surface area contributed by atoms with Crippen molar-refractivity contribution in [2.75, 3.05) is 0 Å². The minimum atomic E-state index is 0.0960. The van der Waals surface area contributed by atoms with Gasteiger partial charge in [0.05, 0.1) is 0 Å². The predicted molar refractivity (Wildman–Crippen MR) is 56.4 cm³/mol. The molecule has 0 bridgehead atoms. The lowest BCUT2D eigenvalue weighted by Crippen LogP contribution is -2.04. The third-order valence-corrected chi connectivity index (χ3v) is 2.21. The lowest BCUT2D eigenvalue weighted by Gasteiger charge is -2.15. The number of benzene rings is 1. The van der Waals surface area contributed by atoms with Crippen molar-refractivity contribution in [1.82, 2.24) is 0 Å². The molecule has 70 valence electrons. The quantitative estimate of drug-likeness (QED) is 0.612. The van der Waals surface area contributed by atoms with Gasteiger partial charge in [-0.05, 0) is 18.1 Å². The standard InChI is InChI=1S/C13H12O/c1-10-5-4-8-12(9-10)13(14)11-6-2-3-7-11/h2-9,14H,1H3/p-1. The van der Waals surface area contributed by atoms with E-state index in [1.54, 1.807) is 0 Å². The maximum absolute atomic E-state index is 11.9. The van der Waals surface area contributed by atoms with Crippen LogP contribution in [-0.4, -0.2) is 0 Å². The highest BCUT2D eigenvalue weighted by molar-refractivity contribution is 5.68. The molecule has 1 aromatic rings. The molecule has 1 aliphatic carbocycles. The fourth-order valence-corrected chi connectivity index (χ4v) is 1.48. The Hall–Kier alpha value is -1.76. The normalized spacial score (nSPS) is 13.6. The molecule has 0 saturated carbocycles. The number of rotatable bonds is 1. The maximum atomic E-state index is 11.9. The zero-order valence-corrected chi connectivity index (χ0v) is 8.03. The van der Waals surface area contributed by atoms with Crippen molar-refractivity contribution < 1.29 is 5.11 Å². The van der Waals surface area contributed by atoms with Crippen molar-refractivity contribution in [1.29, 1.82) is 0 Å². The molecule has 1 heteroatoms. The summed E-state index contributed by atoms with van der Waals surface area (Å²) in [6.07, 6.45) is 7.43. The second kappa shape index (κ2) is 3.54. The van der Waals surface area contributed by atoms with Gasteiger partial charge in [-0.25, -0.2) is 0 Å². The van der Waals surface area contributed by atoms with Crippen molar-refractivity contribution in [2.24, 2.45) is 0 Å². The molecule has 0 atom stereocenters. The van der Waals surface area contributed by atoms with Gasteiger partial charge in [0.2, 0.25) is 0 Å². The van der Waals surface area contributed by atoms with E-state index in [9.17, 15) is 5.11 Å². The average molecular weight is 183 g/mol. The molecule has 1 nitrogen and oxygen atoms in total. The smallest absolute Gasteiger partial charge is 0.0327 e. The summed E-state index contributed by atoms with van der Waals surface area (Å²) < 4.78 is 0. The first kappa shape index (κ1) is 8.82. The zero-order chi connectivity index (χ0) is 9.97. The Morgan fingerprint density at radius 3 is 2.50 bits per heavy atom. The molecule has 0 aromatic heterocycles. The molecule has 1 aliphatic rings. The van der Waals surface area contributed by atoms with E-state index in [2.05, 4.69) is 0 Å². The molecule has 1 aromatic carbocycles. The average Bonchev–Trinajstić information content (AvgIpc) is 2.69. The number of hydrogen-bond acceptors (Lipinski definition) is 1. The Bertz CT molecular complexity index is 422. The third-order valence-electron chi connectivity index (χ3n) is 2.21. The molecule has 0 spiro atoms. The Labute approximate surface area is 83.7 Å². The first-order chi connectivity index (χ1) is 6.77. The summed E-state index contributed by atoms with van der Waals surface area (Å²) in [5, 5.41) is 11.9. The summed E-state index contributed by atoms with van der Waals surface area (Å²) in [5.41, 5.74) is 2.63. The SMILES string of the molecule is Cc1cccc(C([O-])=C2C=CC=C2)c1. The van der Waals surface area contributed by atoms with Crippen LogP contribution in [0.2, 0.25) is 0 Å². The van der Waals surface area contributed by atoms with Crippen LogP contribution in [0, 0.1) is 6.92 Å². The molecule has 14 heavy (non-hydrogen) atoms. The Morgan fingerprint density at radius 2 is 1.86 bits per heavy atom. The van der Waals surface area contributed by atoms with Gasteiger partial charge in [0.1, 0.15) is 0 Å². The van der Waals surface area contributed by atoms with Gasteiger partial charge in [0, 0.05) is 0 Å². The van der Waals surface area contributed by atoms with E-state index in [1.807, 2.05) is 55.5 Å². The highest BCUT2D eigenvalue weighted by Crippen LogP contribution is 2.18. The monoisotopic (exact) mass is 183 g/mol. The van der Waals surface area contributed by atoms with Gasteiger partial charge in [-0.1, -0.05) is 59.9 Å². The van der Waals surface area contributed by atoms with E-state index < -0.39 is 0 Å². The molecule has 0 saturated heterocycles. The molecule has 0 heterocycles. The number of aryl methyl sites for hydroxylation is 1. The minimum Gasteiger partial charge on any atom is -0.872 e. The van der Waals surface area contributed by atoms with Crippen LogP contribution in [0.5, 0.6) is 0 Å². The summed E-state index contributed by atoms with van der Waals surface area (Å²) in [6.45, 7) is 1.99. The van der Waals surface area contributed by atoms with Crippen LogP contribution < -0.4 is 5.11 Å². The van der Waals surface area contributed by atoms with E-state index in [-0.39, 0.29) is 5.76 Å². The van der Waals surface area contributed by atoms with Gasteiger partial charge in [-0.3, -0.25) is 0 Å². The summed E-state index contributed by atoms with van der Waals surface area (Å²) in [7, 11) is 0. The molecule has 2 rings (SSSR count). The van der Waals surface area contributed by atoms with Gasteiger partial charge in [-0.2, -0.15) is 0 Å². The van der Waals surface area contributed by atoms with Crippen molar-refractivity contribution in [2.45, 2.75) is 6.92 Å². The van der Waals surface area contributed by atoms with Gasteiger partial charge < -0.3 is 5.11 Å². The van der Waals surface area contributed by atoms with Crippen LogP contribution in [-0.2, 0) is 0 Å². The topological polar surface area (TPSA) is 23.1 Å². The molecule has 0 N–H and O–H groups in total. The Balaban J connectivity index is 2.45. The zero-order valence-electron chi connectivity index (χ0n) is 8.03. The van der Waals surface area contributed by atoms with Gasteiger partial charge >= 0.3 is 0 Å². The first-order valence-electron chi connectivity index (χ1n) is 4.60. The Morgan fingerprint density at radius 1 is 1.14 bits per heavy atom. The molecular formula is C13H11O-. The summed E-state index contributed by atoms with van der Waals surface area (Å²) >= 11 is 0. The summed E-state index contributed by atoms with van der Waals surface area (Å²) in [5.74, 6) is 0.0960. The molecule has 0 amide bonds. The van der Waals surface area contributed by atoms with E-state index in [1.165, 1.54) is 0 Å². The van der Waals surface area contributed by atoms with E-state index in [0.29, 0.717) is 0 Å². The van der Waals surface area contributed by atoms with Gasteiger partial charge in [0.25, 0.3) is 0 Å². The molecule has 0 fully saturated rings. The van der Waals surface area contributed by atoms with Gasteiger partial charge in [-0.15, -0.1) is 0 Å². The highest BCUT2D eigenvalue weighted by atomic mass is 16.3. The van der Waals surface area contributed by atoms with Crippen LogP contribution in [0.4, 0.5) is 0 Å². The first-order valence-corrected chi connectivity index (χ1v) is 4.60. The van der Waals surface area contributed by atoms with Crippen molar-refractivity contribution in [3.8, 4) is 0 Å².